The highest BCUT2D eigenvalue weighted by Gasteiger charge is 2.14. The van der Waals surface area contributed by atoms with Crippen molar-refractivity contribution in [3.05, 3.63) is 64.9 Å². The van der Waals surface area contributed by atoms with E-state index in [2.05, 4.69) is 12.2 Å². The Kier molecular flexibility index (Phi) is 6.70. The van der Waals surface area contributed by atoms with Crippen molar-refractivity contribution in [2.24, 2.45) is 0 Å². The zero-order valence-electron chi connectivity index (χ0n) is 17.2. The van der Waals surface area contributed by atoms with Crippen LogP contribution in [-0.2, 0) is 27.2 Å². The number of carbonyl (C=O) groups excluding carboxylic acids is 2. The van der Waals surface area contributed by atoms with Gasteiger partial charge in [0.05, 0.1) is 12.7 Å². The third-order valence-electron chi connectivity index (χ3n) is 5.03. The van der Waals surface area contributed by atoms with Gasteiger partial charge < -0.3 is 14.5 Å². The molecule has 0 atom stereocenters. The lowest BCUT2D eigenvalue weighted by Gasteiger charge is -2.07. The highest BCUT2D eigenvalue weighted by atomic mass is 16.5. The molecule has 0 spiro atoms. The lowest BCUT2D eigenvalue weighted by Crippen LogP contribution is -2.21. The molecule has 0 bridgehead atoms. The maximum atomic E-state index is 12.2. The van der Waals surface area contributed by atoms with Crippen molar-refractivity contribution in [1.82, 2.24) is 0 Å². The molecule has 5 nitrogen and oxygen atoms in total. The van der Waals surface area contributed by atoms with Crippen molar-refractivity contribution in [3.8, 4) is 0 Å². The number of hydrogen-bond acceptors (Lipinski definition) is 4. The van der Waals surface area contributed by atoms with Gasteiger partial charge in [0, 0.05) is 16.6 Å². The van der Waals surface area contributed by atoms with Gasteiger partial charge in [-0.15, -0.1) is 0 Å². The van der Waals surface area contributed by atoms with Crippen LogP contribution >= 0.6 is 0 Å². The number of esters is 1. The van der Waals surface area contributed by atoms with Crippen molar-refractivity contribution < 1.29 is 18.7 Å². The number of rotatable bonds is 8. The van der Waals surface area contributed by atoms with Crippen LogP contribution in [0.1, 0.15) is 42.0 Å². The van der Waals surface area contributed by atoms with Crippen LogP contribution in [0.4, 0.5) is 5.69 Å². The molecule has 29 heavy (non-hydrogen) atoms. The molecule has 1 aromatic heterocycles. The van der Waals surface area contributed by atoms with Gasteiger partial charge in [0.2, 0.25) is 0 Å². The normalized spacial score (nSPS) is 10.9. The quantitative estimate of drug-likeness (QED) is 0.540. The average molecular weight is 393 g/mol. The van der Waals surface area contributed by atoms with Crippen LogP contribution in [0.15, 0.2) is 47.1 Å². The highest BCUT2D eigenvalue weighted by molar-refractivity contribution is 5.93. The fraction of sp³-hybridized carbons (Fsp3) is 0.333. The molecule has 3 aromatic rings. The minimum absolute atomic E-state index is 0.0644. The van der Waals surface area contributed by atoms with E-state index in [0.29, 0.717) is 5.69 Å². The van der Waals surface area contributed by atoms with Crippen molar-refractivity contribution in [2.45, 2.75) is 46.5 Å². The van der Waals surface area contributed by atoms with E-state index in [1.807, 2.05) is 50.2 Å². The van der Waals surface area contributed by atoms with Crippen molar-refractivity contribution in [1.29, 1.82) is 0 Å². The molecule has 3 rings (SSSR count). The van der Waals surface area contributed by atoms with Gasteiger partial charge in [0.25, 0.3) is 5.91 Å². The summed E-state index contributed by atoms with van der Waals surface area (Å²) in [5.41, 5.74) is 5.71. The van der Waals surface area contributed by atoms with Crippen LogP contribution in [0.2, 0.25) is 0 Å². The number of fused-ring (bicyclic) bond motifs is 1. The van der Waals surface area contributed by atoms with E-state index < -0.39 is 5.97 Å². The summed E-state index contributed by atoms with van der Waals surface area (Å²) in [4.78, 5) is 24.2. The van der Waals surface area contributed by atoms with Crippen molar-refractivity contribution >= 4 is 28.5 Å². The zero-order chi connectivity index (χ0) is 20.8. The second-order valence-corrected chi connectivity index (χ2v) is 7.38. The number of hydrogen-bond donors (Lipinski definition) is 1. The summed E-state index contributed by atoms with van der Waals surface area (Å²) < 4.78 is 10.7. The molecule has 0 aliphatic carbocycles. The lowest BCUT2D eigenvalue weighted by atomic mass is 10.0. The first-order chi connectivity index (χ1) is 14.0. The van der Waals surface area contributed by atoms with Gasteiger partial charge in [-0.2, -0.15) is 0 Å². The standard InChI is InChI=1S/C24H27NO4/c1-4-5-6-18-7-9-20(10-8-18)25-23(26)15-29-24(27)13-19-14-28-22-12-17(3)16(2)11-21(19)22/h7-12,14H,4-6,13,15H2,1-3H3,(H,25,26). The average Bonchev–Trinajstić information content (AvgIpc) is 3.07. The maximum absolute atomic E-state index is 12.2. The van der Waals surface area contributed by atoms with Gasteiger partial charge in [-0.1, -0.05) is 25.5 Å². The number of benzene rings is 2. The third-order valence-corrected chi connectivity index (χ3v) is 5.03. The fourth-order valence-electron chi connectivity index (χ4n) is 3.16. The van der Waals surface area contributed by atoms with E-state index >= 15 is 0 Å². The number of carbonyl (C=O) groups is 2. The Morgan fingerprint density at radius 2 is 1.79 bits per heavy atom. The van der Waals surface area contributed by atoms with Gasteiger partial charge in [0.15, 0.2) is 6.61 Å². The Morgan fingerprint density at radius 3 is 2.52 bits per heavy atom. The number of ether oxygens (including phenoxy) is 1. The van der Waals surface area contributed by atoms with Gasteiger partial charge in [-0.3, -0.25) is 9.59 Å². The fourth-order valence-corrected chi connectivity index (χ4v) is 3.16. The second-order valence-electron chi connectivity index (χ2n) is 7.38. The van der Waals surface area contributed by atoms with Crippen LogP contribution < -0.4 is 5.32 Å². The monoisotopic (exact) mass is 393 g/mol. The molecule has 1 amide bonds. The van der Waals surface area contributed by atoms with E-state index in [1.54, 1.807) is 6.26 Å². The molecule has 5 heteroatoms. The van der Waals surface area contributed by atoms with E-state index in [0.717, 1.165) is 46.9 Å². The molecular weight excluding hydrogens is 366 g/mol. The van der Waals surface area contributed by atoms with E-state index in [-0.39, 0.29) is 18.9 Å². The maximum Gasteiger partial charge on any atom is 0.310 e. The summed E-state index contributed by atoms with van der Waals surface area (Å²) in [6, 6.07) is 11.7. The topological polar surface area (TPSA) is 68.5 Å². The van der Waals surface area contributed by atoms with Gasteiger partial charge in [-0.05, 0) is 67.6 Å². The predicted octanol–water partition coefficient (Wildman–Crippen LogP) is 5.12. The number of nitrogens with one attached hydrogen (secondary N) is 1. The molecule has 0 fully saturated rings. The van der Waals surface area contributed by atoms with Gasteiger partial charge in [-0.25, -0.2) is 0 Å². The SMILES string of the molecule is CCCCc1ccc(NC(=O)COC(=O)Cc2coc3cc(C)c(C)cc23)cc1. The number of amides is 1. The molecule has 0 saturated carbocycles. The molecule has 0 aliphatic heterocycles. The Morgan fingerprint density at radius 1 is 1.07 bits per heavy atom. The molecule has 152 valence electrons. The van der Waals surface area contributed by atoms with Crippen LogP contribution in [0.25, 0.3) is 11.0 Å². The van der Waals surface area contributed by atoms with Crippen LogP contribution in [0.3, 0.4) is 0 Å². The molecule has 1 heterocycles. The zero-order valence-corrected chi connectivity index (χ0v) is 17.2. The van der Waals surface area contributed by atoms with E-state index in [1.165, 1.54) is 5.56 Å². The second kappa shape index (κ2) is 9.41. The van der Waals surface area contributed by atoms with E-state index in [9.17, 15) is 9.59 Å². The Hall–Kier alpha value is -3.08. The third kappa shape index (κ3) is 5.47. The smallest absolute Gasteiger partial charge is 0.310 e. The summed E-state index contributed by atoms with van der Waals surface area (Å²) in [6.07, 6.45) is 4.97. The lowest BCUT2D eigenvalue weighted by molar-refractivity contribution is -0.146. The first-order valence-electron chi connectivity index (χ1n) is 9.98. The summed E-state index contributed by atoms with van der Waals surface area (Å²) in [5, 5.41) is 3.65. The number of furan rings is 1. The minimum Gasteiger partial charge on any atom is -0.464 e. The van der Waals surface area contributed by atoms with Crippen LogP contribution in [-0.4, -0.2) is 18.5 Å². The number of unbranched alkanes of at least 4 members (excludes halogenated alkanes) is 1. The van der Waals surface area contributed by atoms with Crippen molar-refractivity contribution in [3.63, 3.8) is 0 Å². The van der Waals surface area contributed by atoms with Crippen LogP contribution in [0.5, 0.6) is 0 Å². The number of anilines is 1. The van der Waals surface area contributed by atoms with Gasteiger partial charge in [0.1, 0.15) is 5.58 Å². The summed E-state index contributed by atoms with van der Waals surface area (Å²) in [5.74, 6) is -0.820. The Labute approximate surface area is 171 Å². The molecular formula is C24H27NO4. The first kappa shape index (κ1) is 20.6. The number of aryl methyl sites for hydroxylation is 3. The van der Waals surface area contributed by atoms with Crippen molar-refractivity contribution in [2.75, 3.05) is 11.9 Å². The Balaban J connectivity index is 1.50. The summed E-state index contributed by atoms with van der Waals surface area (Å²) in [7, 11) is 0. The van der Waals surface area contributed by atoms with Crippen LogP contribution in [0, 0.1) is 13.8 Å². The van der Waals surface area contributed by atoms with E-state index in [4.69, 9.17) is 9.15 Å². The molecule has 0 radical (unpaired) electrons. The predicted molar refractivity (Wildman–Crippen MR) is 114 cm³/mol. The molecule has 0 unspecified atom stereocenters. The highest BCUT2D eigenvalue weighted by Crippen LogP contribution is 2.25. The molecule has 0 saturated heterocycles. The van der Waals surface area contributed by atoms with Gasteiger partial charge >= 0.3 is 5.97 Å². The Bertz CT molecular complexity index is 1000. The molecule has 2 aromatic carbocycles. The molecule has 1 N–H and O–H groups in total. The summed E-state index contributed by atoms with van der Waals surface area (Å²) in [6.45, 7) is 5.88. The molecule has 0 aliphatic rings. The summed E-state index contributed by atoms with van der Waals surface area (Å²) >= 11 is 0. The minimum atomic E-state index is -0.462. The first-order valence-corrected chi connectivity index (χ1v) is 9.98. The largest absolute Gasteiger partial charge is 0.464 e.